The molecule has 0 spiro atoms. The Morgan fingerprint density at radius 2 is 1.83 bits per heavy atom. The van der Waals surface area contributed by atoms with Gasteiger partial charge in [0.1, 0.15) is 0 Å². The highest BCUT2D eigenvalue weighted by molar-refractivity contribution is 5.85. The van der Waals surface area contributed by atoms with E-state index in [0.29, 0.717) is 0 Å². The molecule has 1 N–H and O–H groups in total. The lowest BCUT2D eigenvalue weighted by Gasteiger charge is -2.23. The van der Waals surface area contributed by atoms with Crippen LogP contribution in [0.15, 0.2) is 18.2 Å². The number of nitrogens with zero attached hydrogens (tertiary/aromatic N) is 1. The van der Waals surface area contributed by atoms with Gasteiger partial charge in [-0.2, -0.15) is 0 Å². The van der Waals surface area contributed by atoms with Crippen molar-refractivity contribution in [2.45, 2.75) is 32.6 Å². The number of benzene rings is 1. The van der Waals surface area contributed by atoms with E-state index in [4.69, 9.17) is 0 Å². The summed E-state index contributed by atoms with van der Waals surface area (Å²) in [5.41, 5.74) is 5.68. The van der Waals surface area contributed by atoms with Crippen LogP contribution in [0.1, 0.15) is 35.6 Å². The van der Waals surface area contributed by atoms with Crippen LogP contribution in [0.5, 0.6) is 0 Å². The lowest BCUT2D eigenvalue weighted by atomic mass is 9.94. The molecule has 2 heterocycles. The largest absolute Gasteiger partial charge is 0.347 e. The maximum atomic E-state index is 3.45. The summed E-state index contributed by atoms with van der Waals surface area (Å²) in [6.07, 6.45) is 2.53. The predicted octanol–water partition coefficient (Wildman–Crippen LogP) is 3.26. The fourth-order valence-electron chi connectivity index (χ4n) is 3.46. The first kappa shape index (κ1) is 11.8. The second-order valence-electron chi connectivity index (χ2n) is 5.67. The summed E-state index contributed by atoms with van der Waals surface area (Å²) >= 11 is 0. The Morgan fingerprint density at radius 3 is 2.56 bits per heavy atom. The summed E-state index contributed by atoms with van der Waals surface area (Å²) in [7, 11) is 2.22. The quantitative estimate of drug-likeness (QED) is 0.812. The third-order valence-electron chi connectivity index (χ3n) is 4.26. The van der Waals surface area contributed by atoms with Gasteiger partial charge < -0.3 is 9.88 Å². The normalized spacial score (nSPS) is 17.5. The van der Waals surface area contributed by atoms with E-state index in [2.05, 4.69) is 49.0 Å². The molecule has 0 radical (unpaired) electrons. The van der Waals surface area contributed by atoms with Gasteiger partial charge in [0.15, 0.2) is 0 Å². The first-order valence-corrected chi connectivity index (χ1v) is 6.94. The van der Waals surface area contributed by atoms with Gasteiger partial charge in [0.2, 0.25) is 0 Å². The highest BCUT2D eigenvalue weighted by Crippen LogP contribution is 2.31. The summed E-state index contributed by atoms with van der Waals surface area (Å²) in [4.78, 5) is 0. The van der Waals surface area contributed by atoms with Crippen LogP contribution >= 0.6 is 0 Å². The molecule has 3 rings (SSSR count). The van der Waals surface area contributed by atoms with Gasteiger partial charge in [-0.05, 0) is 57.5 Å². The molecule has 2 aromatic rings. The summed E-state index contributed by atoms with van der Waals surface area (Å²) in [5, 5.41) is 4.85. The van der Waals surface area contributed by atoms with Crippen molar-refractivity contribution in [3.05, 3.63) is 35.0 Å². The van der Waals surface area contributed by atoms with Crippen LogP contribution in [0.4, 0.5) is 0 Å². The smallest absolute Gasteiger partial charge is 0.0509 e. The van der Waals surface area contributed by atoms with Crippen molar-refractivity contribution >= 4 is 10.9 Å². The second-order valence-corrected chi connectivity index (χ2v) is 5.67. The van der Waals surface area contributed by atoms with Gasteiger partial charge >= 0.3 is 0 Å². The Bertz CT molecular complexity index is 574. The van der Waals surface area contributed by atoms with Gasteiger partial charge in [0.25, 0.3) is 0 Å². The third-order valence-corrected chi connectivity index (χ3v) is 4.26. The standard InChI is InChI=1S/C16H22N2/c1-11-8-12(2)16-14(9-11)10-15(18(16)3)13-4-6-17-7-5-13/h8-10,13,17H,4-7H2,1-3H3. The average molecular weight is 242 g/mol. The van der Waals surface area contributed by atoms with Crippen molar-refractivity contribution in [3.8, 4) is 0 Å². The predicted molar refractivity (Wildman–Crippen MR) is 77.2 cm³/mol. The third kappa shape index (κ3) is 1.85. The molecule has 0 saturated carbocycles. The topological polar surface area (TPSA) is 17.0 Å². The number of hydrogen-bond donors (Lipinski definition) is 1. The lowest BCUT2D eigenvalue weighted by molar-refractivity contribution is 0.446. The SMILES string of the molecule is Cc1cc(C)c2c(c1)cc(C1CCNCC1)n2C. The number of aromatic nitrogens is 1. The molecule has 1 aromatic carbocycles. The van der Waals surface area contributed by atoms with Gasteiger partial charge in [-0.25, -0.2) is 0 Å². The zero-order chi connectivity index (χ0) is 12.7. The molecule has 1 aliphatic heterocycles. The van der Waals surface area contributed by atoms with E-state index in [-0.39, 0.29) is 0 Å². The van der Waals surface area contributed by atoms with E-state index in [1.165, 1.54) is 40.6 Å². The van der Waals surface area contributed by atoms with E-state index >= 15 is 0 Å². The molecule has 1 fully saturated rings. The van der Waals surface area contributed by atoms with E-state index in [9.17, 15) is 0 Å². The molecule has 0 amide bonds. The van der Waals surface area contributed by atoms with Crippen molar-refractivity contribution < 1.29 is 0 Å². The maximum Gasteiger partial charge on any atom is 0.0509 e. The Kier molecular flexibility index (Phi) is 2.90. The molecule has 1 aromatic heterocycles. The molecule has 0 atom stereocenters. The van der Waals surface area contributed by atoms with Gasteiger partial charge in [-0.1, -0.05) is 11.6 Å². The van der Waals surface area contributed by atoms with Crippen LogP contribution in [0.25, 0.3) is 10.9 Å². The first-order valence-electron chi connectivity index (χ1n) is 6.94. The van der Waals surface area contributed by atoms with Crippen LogP contribution in [0.3, 0.4) is 0 Å². The van der Waals surface area contributed by atoms with Crippen LogP contribution in [0.2, 0.25) is 0 Å². The summed E-state index contributed by atoms with van der Waals surface area (Å²) in [6, 6.07) is 7.01. The summed E-state index contributed by atoms with van der Waals surface area (Å²) in [6.45, 7) is 6.72. The minimum Gasteiger partial charge on any atom is -0.347 e. The maximum absolute atomic E-state index is 3.45. The molecule has 2 nitrogen and oxygen atoms in total. The van der Waals surface area contributed by atoms with Crippen molar-refractivity contribution in [2.75, 3.05) is 13.1 Å². The number of nitrogens with one attached hydrogen (secondary N) is 1. The number of fused-ring (bicyclic) bond motifs is 1. The van der Waals surface area contributed by atoms with Crippen LogP contribution in [-0.2, 0) is 7.05 Å². The monoisotopic (exact) mass is 242 g/mol. The second kappa shape index (κ2) is 4.43. The van der Waals surface area contributed by atoms with Crippen LogP contribution in [-0.4, -0.2) is 17.7 Å². The van der Waals surface area contributed by atoms with E-state index in [1.807, 2.05) is 0 Å². The Balaban J connectivity index is 2.13. The van der Waals surface area contributed by atoms with Crippen LogP contribution < -0.4 is 5.32 Å². The number of piperidine rings is 1. The zero-order valence-corrected chi connectivity index (χ0v) is 11.6. The fourth-order valence-corrected chi connectivity index (χ4v) is 3.46. The molecule has 0 unspecified atom stereocenters. The number of aryl methyl sites for hydroxylation is 3. The van der Waals surface area contributed by atoms with Gasteiger partial charge in [0, 0.05) is 24.0 Å². The molecule has 0 aliphatic carbocycles. The highest BCUT2D eigenvalue weighted by Gasteiger charge is 2.19. The van der Waals surface area contributed by atoms with Crippen LogP contribution in [0, 0.1) is 13.8 Å². The van der Waals surface area contributed by atoms with Gasteiger partial charge in [0.05, 0.1) is 5.52 Å². The molecule has 1 saturated heterocycles. The molecular weight excluding hydrogens is 220 g/mol. The minimum atomic E-state index is 0.725. The van der Waals surface area contributed by atoms with E-state index < -0.39 is 0 Å². The Morgan fingerprint density at radius 1 is 1.11 bits per heavy atom. The molecular formula is C16H22N2. The van der Waals surface area contributed by atoms with Gasteiger partial charge in [-0.15, -0.1) is 0 Å². The first-order chi connectivity index (χ1) is 8.66. The van der Waals surface area contributed by atoms with Crippen molar-refractivity contribution in [1.29, 1.82) is 0 Å². The molecule has 96 valence electrons. The zero-order valence-electron chi connectivity index (χ0n) is 11.6. The van der Waals surface area contributed by atoms with E-state index in [1.54, 1.807) is 0 Å². The minimum absolute atomic E-state index is 0.725. The number of hydrogen-bond acceptors (Lipinski definition) is 1. The van der Waals surface area contributed by atoms with Crippen molar-refractivity contribution in [3.63, 3.8) is 0 Å². The fraction of sp³-hybridized carbons (Fsp3) is 0.500. The molecule has 18 heavy (non-hydrogen) atoms. The molecule has 0 bridgehead atoms. The van der Waals surface area contributed by atoms with Crippen molar-refractivity contribution in [1.82, 2.24) is 9.88 Å². The summed E-state index contributed by atoms with van der Waals surface area (Å²) in [5.74, 6) is 0.725. The molecule has 2 heteroatoms. The van der Waals surface area contributed by atoms with Gasteiger partial charge in [-0.3, -0.25) is 0 Å². The summed E-state index contributed by atoms with van der Waals surface area (Å²) < 4.78 is 2.42. The molecule has 1 aliphatic rings. The number of rotatable bonds is 1. The highest BCUT2D eigenvalue weighted by atomic mass is 15.0. The average Bonchev–Trinajstić information content (AvgIpc) is 2.67. The van der Waals surface area contributed by atoms with Crippen molar-refractivity contribution in [2.24, 2.45) is 7.05 Å². The lowest BCUT2D eigenvalue weighted by Crippen LogP contribution is -2.27. The Hall–Kier alpha value is -1.28. The Labute approximate surface area is 109 Å². The van der Waals surface area contributed by atoms with E-state index in [0.717, 1.165) is 19.0 Å².